The third-order valence-corrected chi connectivity index (χ3v) is 4.49. The molecule has 1 rings (SSSR count). The molecule has 0 bridgehead atoms. The summed E-state index contributed by atoms with van der Waals surface area (Å²) in [6.45, 7) is 7.98. The molecule has 0 spiro atoms. The van der Waals surface area contributed by atoms with Gasteiger partial charge in [-0.05, 0) is 25.7 Å². The van der Waals surface area contributed by atoms with Gasteiger partial charge in [-0.3, -0.25) is 10.1 Å². The maximum Gasteiger partial charge on any atom is 0.241 e. The van der Waals surface area contributed by atoms with E-state index in [1.54, 1.807) is 4.90 Å². The zero-order valence-electron chi connectivity index (χ0n) is 12.5. The van der Waals surface area contributed by atoms with Gasteiger partial charge in [0.1, 0.15) is 9.84 Å². The molecular formula is C13H26N2O3S. The summed E-state index contributed by atoms with van der Waals surface area (Å²) in [7, 11) is -3.08. The molecule has 6 heteroatoms. The fraction of sp³-hybridized carbons (Fsp3) is 0.923. The quantitative estimate of drug-likeness (QED) is 0.792. The Morgan fingerprint density at radius 2 is 1.89 bits per heavy atom. The van der Waals surface area contributed by atoms with Gasteiger partial charge < -0.3 is 4.90 Å². The zero-order valence-corrected chi connectivity index (χ0v) is 13.3. The molecule has 0 saturated carbocycles. The number of amides is 1. The lowest BCUT2D eigenvalue weighted by atomic mass is 10.1. The predicted octanol–water partition coefficient (Wildman–Crippen LogP) is 1.00. The number of sulfone groups is 1. The van der Waals surface area contributed by atoms with E-state index in [9.17, 15) is 13.2 Å². The third-order valence-electron chi connectivity index (χ3n) is 3.40. The highest BCUT2D eigenvalue weighted by Crippen LogP contribution is 2.22. The van der Waals surface area contributed by atoms with Gasteiger partial charge >= 0.3 is 0 Å². The smallest absolute Gasteiger partial charge is 0.241 e. The normalized spacial score (nSPS) is 26.2. The number of rotatable bonds is 6. The van der Waals surface area contributed by atoms with E-state index in [0.29, 0.717) is 5.92 Å². The molecule has 0 radical (unpaired) electrons. The lowest BCUT2D eigenvalue weighted by Crippen LogP contribution is -2.46. The van der Waals surface area contributed by atoms with Gasteiger partial charge in [0, 0.05) is 12.3 Å². The van der Waals surface area contributed by atoms with Crippen molar-refractivity contribution < 1.29 is 13.2 Å². The van der Waals surface area contributed by atoms with Crippen LogP contribution >= 0.6 is 0 Å². The Balaban J connectivity index is 2.88. The van der Waals surface area contributed by atoms with Gasteiger partial charge in [-0.2, -0.15) is 0 Å². The Morgan fingerprint density at radius 3 is 2.32 bits per heavy atom. The van der Waals surface area contributed by atoms with Crippen LogP contribution in [0.4, 0.5) is 0 Å². The summed E-state index contributed by atoms with van der Waals surface area (Å²) in [5.74, 6) is 0.504. The van der Waals surface area contributed by atoms with Gasteiger partial charge in [0.15, 0.2) is 0 Å². The minimum atomic E-state index is -3.08. The van der Waals surface area contributed by atoms with Crippen LogP contribution in [-0.4, -0.2) is 49.5 Å². The lowest BCUT2D eigenvalue weighted by Gasteiger charge is -2.31. The Morgan fingerprint density at radius 1 is 1.32 bits per heavy atom. The number of carbonyl (C=O) groups excluding carboxylic acids is 1. The highest BCUT2D eigenvalue weighted by Gasteiger charge is 2.40. The van der Waals surface area contributed by atoms with Crippen molar-refractivity contribution in [1.29, 1.82) is 0 Å². The van der Waals surface area contributed by atoms with Crippen molar-refractivity contribution in [3.05, 3.63) is 0 Å². The molecule has 0 aliphatic carbocycles. The van der Waals surface area contributed by atoms with Gasteiger partial charge in [0.25, 0.3) is 0 Å². The zero-order chi connectivity index (χ0) is 14.8. The van der Waals surface area contributed by atoms with Crippen LogP contribution < -0.4 is 5.32 Å². The van der Waals surface area contributed by atoms with Crippen LogP contribution in [0.2, 0.25) is 0 Å². The van der Waals surface area contributed by atoms with E-state index in [2.05, 4.69) is 19.2 Å². The number of nitrogens with one attached hydrogen (secondary N) is 1. The number of hydrogen-bond acceptors (Lipinski definition) is 4. The molecule has 19 heavy (non-hydrogen) atoms. The highest BCUT2D eigenvalue weighted by atomic mass is 32.2. The van der Waals surface area contributed by atoms with E-state index in [-0.39, 0.29) is 29.9 Å². The molecule has 1 aliphatic rings. The lowest BCUT2D eigenvalue weighted by molar-refractivity contribution is -0.131. The summed E-state index contributed by atoms with van der Waals surface area (Å²) in [5.41, 5.74) is 0. The fourth-order valence-corrected chi connectivity index (χ4v) is 3.72. The fourth-order valence-electron chi connectivity index (χ4n) is 2.68. The van der Waals surface area contributed by atoms with E-state index in [4.69, 9.17) is 0 Å². The van der Waals surface area contributed by atoms with Crippen molar-refractivity contribution in [1.82, 2.24) is 10.2 Å². The van der Waals surface area contributed by atoms with Crippen LogP contribution in [0.3, 0.4) is 0 Å². The van der Waals surface area contributed by atoms with Gasteiger partial charge in [-0.15, -0.1) is 0 Å². The minimum Gasteiger partial charge on any atom is -0.322 e. The third kappa shape index (κ3) is 4.45. The molecule has 0 aromatic rings. The second-order valence-corrected chi connectivity index (χ2v) is 8.14. The molecule has 1 N–H and O–H groups in total. The van der Waals surface area contributed by atoms with Gasteiger partial charge in [-0.1, -0.05) is 20.8 Å². The molecular weight excluding hydrogens is 264 g/mol. The molecule has 1 saturated heterocycles. The SMILES string of the molecule is CCC1NC(CC(C)C)N(C(C)CS(C)(=O)=O)C1=O. The number of carbonyl (C=O) groups is 1. The Kier molecular flexibility index (Phi) is 5.38. The Bertz CT molecular complexity index is 420. The standard InChI is InChI=1S/C13H26N2O3S/c1-6-11-13(16)15(10(4)8-19(5,17)18)12(14-11)7-9(2)3/h9-12,14H,6-8H2,1-5H3. The van der Waals surface area contributed by atoms with Crippen molar-refractivity contribution >= 4 is 15.7 Å². The summed E-state index contributed by atoms with van der Waals surface area (Å²) < 4.78 is 22.9. The predicted molar refractivity (Wildman–Crippen MR) is 76.5 cm³/mol. The maximum atomic E-state index is 12.3. The van der Waals surface area contributed by atoms with Crippen molar-refractivity contribution in [3.63, 3.8) is 0 Å². The molecule has 1 aliphatic heterocycles. The molecule has 112 valence electrons. The van der Waals surface area contributed by atoms with Crippen molar-refractivity contribution in [3.8, 4) is 0 Å². The highest BCUT2D eigenvalue weighted by molar-refractivity contribution is 7.90. The van der Waals surface area contributed by atoms with E-state index >= 15 is 0 Å². The van der Waals surface area contributed by atoms with Crippen molar-refractivity contribution in [2.75, 3.05) is 12.0 Å². The second kappa shape index (κ2) is 6.22. The summed E-state index contributed by atoms with van der Waals surface area (Å²) in [5, 5.41) is 3.32. The molecule has 0 aromatic heterocycles. The molecule has 0 aromatic carbocycles. The average molecular weight is 290 g/mol. The van der Waals surface area contributed by atoms with Gasteiger partial charge in [0.2, 0.25) is 5.91 Å². The van der Waals surface area contributed by atoms with Crippen LogP contribution in [0.5, 0.6) is 0 Å². The van der Waals surface area contributed by atoms with Gasteiger partial charge in [0.05, 0.1) is 18.0 Å². The van der Waals surface area contributed by atoms with Gasteiger partial charge in [-0.25, -0.2) is 8.42 Å². The molecule has 1 amide bonds. The molecule has 5 nitrogen and oxygen atoms in total. The first kappa shape index (κ1) is 16.4. The molecule has 3 unspecified atom stereocenters. The van der Waals surface area contributed by atoms with E-state index in [1.807, 2.05) is 13.8 Å². The first-order valence-corrected chi connectivity index (χ1v) is 8.97. The van der Waals surface area contributed by atoms with Crippen LogP contribution in [-0.2, 0) is 14.6 Å². The minimum absolute atomic E-state index is 0.0193. The first-order chi connectivity index (χ1) is 8.65. The average Bonchev–Trinajstić information content (AvgIpc) is 2.51. The topological polar surface area (TPSA) is 66.5 Å². The largest absolute Gasteiger partial charge is 0.322 e. The second-order valence-electron chi connectivity index (χ2n) is 5.96. The first-order valence-electron chi connectivity index (χ1n) is 6.91. The summed E-state index contributed by atoms with van der Waals surface area (Å²) in [6.07, 6.45) is 2.74. The Labute approximate surface area is 116 Å². The summed E-state index contributed by atoms with van der Waals surface area (Å²) in [4.78, 5) is 14.1. The summed E-state index contributed by atoms with van der Waals surface area (Å²) in [6, 6.07) is -0.457. The number of hydrogen-bond donors (Lipinski definition) is 1. The molecule has 1 heterocycles. The van der Waals surface area contributed by atoms with E-state index in [0.717, 1.165) is 12.8 Å². The molecule has 3 atom stereocenters. The maximum absolute atomic E-state index is 12.3. The van der Waals surface area contributed by atoms with Crippen LogP contribution in [0.15, 0.2) is 0 Å². The van der Waals surface area contributed by atoms with E-state index in [1.165, 1.54) is 6.26 Å². The summed E-state index contributed by atoms with van der Waals surface area (Å²) >= 11 is 0. The van der Waals surface area contributed by atoms with Crippen LogP contribution in [0, 0.1) is 5.92 Å². The monoisotopic (exact) mass is 290 g/mol. The molecule has 1 fully saturated rings. The van der Waals surface area contributed by atoms with Crippen LogP contribution in [0.25, 0.3) is 0 Å². The Hall–Kier alpha value is -0.620. The number of nitrogens with zero attached hydrogens (tertiary/aromatic N) is 1. The van der Waals surface area contributed by atoms with Crippen molar-refractivity contribution in [2.24, 2.45) is 5.92 Å². The van der Waals surface area contributed by atoms with E-state index < -0.39 is 9.84 Å². The van der Waals surface area contributed by atoms with Crippen molar-refractivity contribution in [2.45, 2.75) is 58.8 Å². The van der Waals surface area contributed by atoms with Crippen LogP contribution in [0.1, 0.15) is 40.5 Å².